The normalized spacial score (nSPS) is 14.1. The number of carbonyl (C=O) groups is 1. The van der Waals surface area contributed by atoms with Crippen molar-refractivity contribution in [2.24, 2.45) is 0 Å². The quantitative estimate of drug-likeness (QED) is 0.473. The van der Waals surface area contributed by atoms with Crippen molar-refractivity contribution < 1.29 is 36.2 Å². The molecule has 2 aromatic carbocycles. The van der Waals surface area contributed by atoms with E-state index in [1.165, 1.54) is 25.1 Å². The molecule has 0 spiro atoms. The smallest absolute Gasteiger partial charge is 0.381 e. The van der Waals surface area contributed by atoms with E-state index in [9.17, 15) is 36.2 Å². The first kappa shape index (κ1) is 25.1. The zero-order valence-corrected chi connectivity index (χ0v) is 17.3. The Balaban J connectivity index is 2.23. The van der Waals surface area contributed by atoms with Crippen molar-refractivity contribution in [1.82, 2.24) is 5.32 Å². The number of alkyl halides is 6. The molecule has 0 saturated heterocycles. The third-order valence-electron chi connectivity index (χ3n) is 4.28. The molecule has 0 fully saturated rings. The van der Waals surface area contributed by atoms with Crippen LogP contribution in [0.3, 0.4) is 0 Å². The molecule has 0 aliphatic rings. The predicted octanol–water partition coefficient (Wildman–Crippen LogP) is 5.46. The summed E-state index contributed by atoms with van der Waals surface area (Å²) >= 11 is 11.5. The first-order valence-electron chi connectivity index (χ1n) is 8.57. The maximum absolute atomic E-state index is 13.7. The standard InChI is InChI=1S/C19H16Cl2F6N2O2/c1-10-4-14(2-3-15(10)16(30)29-9-18(22,23)24)28-8-17(31,19(25,26)27)11-5-12(20)7-13(21)6-11/h2-7,28,31H,8-9H2,1H3,(H,29,30). The molecule has 1 unspecified atom stereocenters. The Morgan fingerprint density at radius 3 is 2.03 bits per heavy atom. The highest BCUT2D eigenvalue weighted by atomic mass is 35.5. The first-order chi connectivity index (χ1) is 14.1. The van der Waals surface area contributed by atoms with Gasteiger partial charge >= 0.3 is 12.4 Å². The van der Waals surface area contributed by atoms with Gasteiger partial charge in [0.1, 0.15) is 6.54 Å². The Kier molecular flexibility index (Phi) is 7.39. The number of hydrogen-bond acceptors (Lipinski definition) is 3. The van der Waals surface area contributed by atoms with Gasteiger partial charge < -0.3 is 15.7 Å². The van der Waals surface area contributed by atoms with Crippen LogP contribution in [-0.2, 0) is 5.60 Å². The van der Waals surface area contributed by atoms with Crippen molar-refractivity contribution in [1.29, 1.82) is 0 Å². The number of rotatable bonds is 6. The number of aryl methyl sites for hydroxylation is 1. The largest absolute Gasteiger partial charge is 0.423 e. The lowest BCUT2D eigenvalue weighted by molar-refractivity contribution is -0.260. The lowest BCUT2D eigenvalue weighted by Gasteiger charge is -2.32. The van der Waals surface area contributed by atoms with Gasteiger partial charge in [-0.05, 0) is 54.4 Å². The minimum atomic E-state index is -5.10. The number of aliphatic hydroxyl groups is 1. The van der Waals surface area contributed by atoms with Crippen LogP contribution in [-0.4, -0.2) is 36.5 Å². The molecule has 0 bridgehead atoms. The van der Waals surface area contributed by atoms with E-state index >= 15 is 0 Å². The number of amides is 1. The molecular weight excluding hydrogens is 473 g/mol. The van der Waals surface area contributed by atoms with Crippen molar-refractivity contribution in [3.05, 3.63) is 63.1 Å². The zero-order chi connectivity index (χ0) is 23.6. The summed E-state index contributed by atoms with van der Waals surface area (Å²) in [6, 6.07) is 6.71. The molecule has 0 aliphatic heterocycles. The van der Waals surface area contributed by atoms with Gasteiger partial charge in [-0.3, -0.25) is 4.79 Å². The summed E-state index contributed by atoms with van der Waals surface area (Å²) in [5.41, 5.74) is -3.70. The molecule has 0 heterocycles. The van der Waals surface area contributed by atoms with Gasteiger partial charge in [0.25, 0.3) is 5.91 Å². The molecule has 12 heteroatoms. The average Bonchev–Trinajstić information content (AvgIpc) is 2.62. The fourth-order valence-electron chi connectivity index (χ4n) is 2.69. The Morgan fingerprint density at radius 2 is 1.55 bits per heavy atom. The molecule has 0 aliphatic carbocycles. The van der Waals surface area contributed by atoms with Gasteiger partial charge in [0.2, 0.25) is 5.60 Å². The molecule has 2 rings (SSSR count). The molecule has 2 aromatic rings. The summed E-state index contributed by atoms with van der Waals surface area (Å²) in [5, 5.41) is 14.3. The van der Waals surface area contributed by atoms with Crippen LogP contribution < -0.4 is 10.6 Å². The van der Waals surface area contributed by atoms with Crippen LogP contribution in [0.2, 0.25) is 10.0 Å². The molecule has 1 amide bonds. The predicted molar refractivity (Wildman–Crippen MR) is 104 cm³/mol. The van der Waals surface area contributed by atoms with Crippen LogP contribution in [0.5, 0.6) is 0 Å². The van der Waals surface area contributed by atoms with Crippen molar-refractivity contribution in [2.45, 2.75) is 24.9 Å². The Hall–Kier alpha value is -2.17. The third kappa shape index (κ3) is 6.41. The van der Waals surface area contributed by atoms with Crippen LogP contribution in [0.4, 0.5) is 32.0 Å². The zero-order valence-electron chi connectivity index (χ0n) is 15.8. The summed E-state index contributed by atoms with van der Waals surface area (Å²) in [5.74, 6) is -0.984. The molecule has 4 nitrogen and oxygen atoms in total. The highest BCUT2D eigenvalue weighted by molar-refractivity contribution is 6.34. The maximum Gasteiger partial charge on any atom is 0.423 e. The maximum atomic E-state index is 13.7. The van der Waals surface area contributed by atoms with E-state index < -0.39 is 42.5 Å². The fourth-order valence-corrected chi connectivity index (χ4v) is 3.22. The molecule has 170 valence electrons. The average molecular weight is 489 g/mol. The van der Waals surface area contributed by atoms with Gasteiger partial charge in [-0.15, -0.1) is 0 Å². The highest BCUT2D eigenvalue weighted by Crippen LogP contribution is 2.41. The van der Waals surface area contributed by atoms with Crippen LogP contribution in [0.1, 0.15) is 21.5 Å². The van der Waals surface area contributed by atoms with E-state index in [1.807, 2.05) is 0 Å². The van der Waals surface area contributed by atoms with Crippen molar-refractivity contribution in [2.75, 3.05) is 18.4 Å². The number of hydrogen-bond donors (Lipinski definition) is 3. The van der Waals surface area contributed by atoms with E-state index in [4.69, 9.17) is 23.2 Å². The van der Waals surface area contributed by atoms with E-state index in [2.05, 4.69) is 5.32 Å². The number of carbonyl (C=O) groups excluding carboxylic acids is 1. The van der Waals surface area contributed by atoms with E-state index in [1.54, 1.807) is 5.32 Å². The van der Waals surface area contributed by atoms with Crippen LogP contribution >= 0.6 is 23.2 Å². The van der Waals surface area contributed by atoms with Crippen LogP contribution in [0, 0.1) is 6.92 Å². The van der Waals surface area contributed by atoms with Crippen molar-refractivity contribution in [3.63, 3.8) is 0 Å². The second-order valence-corrected chi connectivity index (χ2v) is 7.57. The molecule has 3 N–H and O–H groups in total. The van der Waals surface area contributed by atoms with Gasteiger partial charge in [-0.2, -0.15) is 26.3 Å². The third-order valence-corrected chi connectivity index (χ3v) is 4.71. The minimum Gasteiger partial charge on any atom is -0.381 e. The number of benzene rings is 2. The molecule has 0 radical (unpaired) electrons. The molecule has 0 saturated carbocycles. The second-order valence-electron chi connectivity index (χ2n) is 6.70. The van der Waals surface area contributed by atoms with Crippen LogP contribution in [0.25, 0.3) is 0 Å². The fraction of sp³-hybridized carbons (Fsp3) is 0.316. The minimum absolute atomic E-state index is 0.0810. The summed E-state index contributed by atoms with van der Waals surface area (Å²) in [7, 11) is 0. The summed E-state index contributed by atoms with van der Waals surface area (Å²) in [6.45, 7) is -1.14. The summed E-state index contributed by atoms with van der Waals surface area (Å²) < 4.78 is 77.7. The number of nitrogens with one attached hydrogen (secondary N) is 2. The number of halogens is 8. The van der Waals surface area contributed by atoms with Crippen LogP contribution in [0.15, 0.2) is 36.4 Å². The Bertz CT molecular complexity index is 945. The van der Waals surface area contributed by atoms with Crippen molar-refractivity contribution in [3.8, 4) is 0 Å². The monoisotopic (exact) mass is 488 g/mol. The highest BCUT2D eigenvalue weighted by Gasteiger charge is 2.55. The van der Waals surface area contributed by atoms with Gasteiger partial charge in [0.15, 0.2) is 0 Å². The number of anilines is 1. The summed E-state index contributed by atoms with van der Waals surface area (Å²) in [4.78, 5) is 11.9. The van der Waals surface area contributed by atoms with Crippen molar-refractivity contribution >= 4 is 34.8 Å². The topological polar surface area (TPSA) is 61.4 Å². The lowest BCUT2D eigenvalue weighted by Crippen LogP contribution is -2.47. The first-order valence-corrected chi connectivity index (χ1v) is 9.33. The van der Waals surface area contributed by atoms with Gasteiger partial charge in [0.05, 0.1) is 6.54 Å². The van der Waals surface area contributed by atoms with E-state index in [-0.39, 0.29) is 26.9 Å². The summed E-state index contributed by atoms with van der Waals surface area (Å²) in [6.07, 6.45) is -9.68. The van der Waals surface area contributed by atoms with E-state index in [0.29, 0.717) is 0 Å². The van der Waals surface area contributed by atoms with Gasteiger partial charge in [-0.25, -0.2) is 0 Å². The molecule has 0 aromatic heterocycles. The molecular formula is C19H16Cl2F6N2O2. The Labute approximate surface area is 183 Å². The second kappa shape index (κ2) is 9.13. The molecule has 1 atom stereocenters. The van der Waals surface area contributed by atoms with E-state index in [0.717, 1.165) is 18.2 Å². The molecule has 31 heavy (non-hydrogen) atoms. The Morgan fingerprint density at radius 1 is 0.968 bits per heavy atom. The lowest BCUT2D eigenvalue weighted by atomic mass is 9.92. The van der Waals surface area contributed by atoms with Gasteiger partial charge in [0, 0.05) is 21.3 Å². The SMILES string of the molecule is Cc1cc(NCC(O)(c2cc(Cl)cc(Cl)c2)C(F)(F)F)ccc1C(=O)NCC(F)(F)F. The van der Waals surface area contributed by atoms with Gasteiger partial charge in [-0.1, -0.05) is 23.2 Å².